The maximum absolute atomic E-state index is 11.4. The zero-order valence-electron chi connectivity index (χ0n) is 7.88. The quantitative estimate of drug-likeness (QED) is 0.781. The molecule has 0 bridgehead atoms. The molecule has 0 aliphatic rings. The second-order valence-electron chi connectivity index (χ2n) is 3.42. The van der Waals surface area contributed by atoms with E-state index >= 15 is 0 Å². The Labute approximate surface area is 92.7 Å². The summed E-state index contributed by atoms with van der Waals surface area (Å²) in [5.74, 6) is 0.445. The fourth-order valence-electron chi connectivity index (χ4n) is 1.01. The van der Waals surface area contributed by atoms with Gasteiger partial charge in [0.15, 0.2) is 0 Å². The molecular formula is C11H13IO. The van der Waals surface area contributed by atoms with Gasteiger partial charge in [0.05, 0.1) is 0 Å². The van der Waals surface area contributed by atoms with E-state index in [0.717, 1.165) is 5.56 Å². The molecule has 1 aromatic rings. The number of carbonyl (C=O) groups is 1. The zero-order valence-corrected chi connectivity index (χ0v) is 10.0. The molecule has 70 valence electrons. The molecular weight excluding hydrogens is 275 g/mol. The number of rotatable bonds is 3. The summed E-state index contributed by atoms with van der Waals surface area (Å²) >= 11 is 2.26. The smallest absolute Gasteiger partial charge is 0.139 e. The van der Waals surface area contributed by atoms with Crippen LogP contribution in [-0.2, 0) is 11.2 Å². The van der Waals surface area contributed by atoms with Gasteiger partial charge in [-0.3, -0.25) is 4.79 Å². The van der Waals surface area contributed by atoms with E-state index in [-0.39, 0.29) is 5.92 Å². The van der Waals surface area contributed by atoms with Crippen LogP contribution >= 0.6 is 22.6 Å². The molecule has 13 heavy (non-hydrogen) atoms. The molecule has 0 atom stereocenters. The monoisotopic (exact) mass is 288 g/mol. The van der Waals surface area contributed by atoms with Gasteiger partial charge in [-0.25, -0.2) is 0 Å². The van der Waals surface area contributed by atoms with Crippen LogP contribution in [0.2, 0.25) is 0 Å². The van der Waals surface area contributed by atoms with Crippen LogP contribution in [0.3, 0.4) is 0 Å². The molecule has 0 spiro atoms. The fourth-order valence-corrected chi connectivity index (χ4v) is 1.37. The maximum atomic E-state index is 11.4. The first-order chi connectivity index (χ1) is 6.09. The third kappa shape index (κ3) is 3.46. The molecule has 0 aromatic heterocycles. The molecule has 0 unspecified atom stereocenters. The maximum Gasteiger partial charge on any atom is 0.139 e. The molecule has 1 rings (SSSR count). The Balaban J connectivity index is 2.65. The van der Waals surface area contributed by atoms with Crippen molar-refractivity contribution in [2.75, 3.05) is 0 Å². The summed E-state index contributed by atoms with van der Waals surface area (Å²) in [5.41, 5.74) is 1.11. The molecule has 1 nitrogen and oxygen atoms in total. The van der Waals surface area contributed by atoms with E-state index in [1.54, 1.807) is 0 Å². The number of carbonyl (C=O) groups excluding carboxylic acids is 1. The Morgan fingerprint density at radius 1 is 1.31 bits per heavy atom. The van der Waals surface area contributed by atoms with E-state index in [2.05, 4.69) is 22.6 Å². The van der Waals surface area contributed by atoms with Gasteiger partial charge in [-0.2, -0.15) is 0 Å². The van der Waals surface area contributed by atoms with Crippen LogP contribution in [0, 0.1) is 9.49 Å². The zero-order chi connectivity index (χ0) is 9.84. The molecule has 0 heterocycles. The van der Waals surface area contributed by atoms with Gasteiger partial charge >= 0.3 is 0 Å². The van der Waals surface area contributed by atoms with Crippen LogP contribution in [0.4, 0.5) is 0 Å². The standard InChI is InChI=1S/C11H13IO/c1-8(2)11(13)7-9-3-5-10(12)6-4-9/h3-6,8H,7H2,1-2H3. The van der Waals surface area contributed by atoms with Crippen molar-refractivity contribution in [2.24, 2.45) is 5.92 Å². The Morgan fingerprint density at radius 2 is 1.85 bits per heavy atom. The number of benzene rings is 1. The SMILES string of the molecule is CC(C)C(=O)Cc1ccc(I)cc1. The summed E-state index contributed by atoms with van der Waals surface area (Å²) in [4.78, 5) is 11.4. The van der Waals surface area contributed by atoms with Crippen molar-refractivity contribution in [1.29, 1.82) is 0 Å². The van der Waals surface area contributed by atoms with Crippen molar-refractivity contribution >= 4 is 28.4 Å². The minimum absolute atomic E-state index is 0.138. The number of ketones is 1. The number of hydrogen-bond donors (Lipinski definition) is 0. The lowest BCUT2D eigenvalue weighted by atomic mass is 10.0. The predicted molar refractivity (Wildman–Crippen MR) is 62.7 cm³/mol. The largest absolute Gasteiger partial charge is 0.299 e. The molecule has 0 fully saturated rings. The molecule has 0 aliphatic heterocycles. The van der Waals surface area contributed by atoms with Crippen molar-refractivity contribution < 1.29 is 4.79 Å². The van der Waals surface area contributed by atoms with E-state index in [4.69, 9.17) is 0 Å². The summed E-state index contributed by atoms with van der Waals surface area (Å²) in [6.07, 6.45) is 0.564. The third-order valence-corrected chi connectivity index (χ3v) is 2.65. The van der Waals surface area contributed by atoms with Crippen molar-refractivity contribution in [3.63, 3.8) is 0 Å². The Hall–Kier alpha value is -0.380. The highest BCUT2D eigenvalue weighted by Gasteiger charge is 2.07. The van der Waals surface area contributed by atoms with Crippen molar-refractivity contribution in [2.45, 2.75) is 20.3 Å². The lowest BCUT2D eigenvalue weighted by Gasteiger charge is -2.03. The first-order valence-electron chi connectivity index (χ1n) is 4.36. The van der Waals surface area contributed by atoms with Gasteiger partial charge in [-0.1, -0.05) is 26.0 Å². The number of halogens is 1. The molecule has 2 heteroatoms. The van der Waals surface area contributed by atoms with Gasteiger partial charge in [0.1, 0.15) is 5.78 Å². The molecule has 0 amide bonds. The molecule has 0 N–H and O–H groups in total. The first-order valence-corrected chi connectivity index (χ1v) is 5.44. The lowest BCUT2D eigenvalue weighted by molar-refractivity contribution is -0.121. The minimum atomic E-state index is 0.138. The average molecular weight is 288 g/mol. The second-order valence-corrected chi connectivity index (χ2v) is 4.67. The van der Waals surface area contributed by atoms with E-state index < -0.39 is 0 Å². The van der Waals surface area contributed by atoms with Crippen molar-refractivity contribution in [3.8, 4) is 0 Å². The van der Waals surface area contributed by atoms with Crippen LogP contribution in [0.1, 0.15) is 19.4 Å². The Bertz CT molecular complexity index is 287. The van der Waals surface area contributed by atoms with Crippen molar-refractivity contribution in [1.82, 2.24) is 0 Å². The lowest BCUT2D eigenvalue weighted by Crippen LogP contribution is -2.09. The minimum Gasteiger partial charge on any atom is -0.299 e. The van der Waals surface area contributed by atoms with Gasteiger partial charge in [0.2, 0.25) is 0 Å². The van der Waals surface area contributed by atoms with Crippen LogP contribution in [0.15, 0.2) is 24.3 Å². The van der Waals surface area contributed by atoms with Crippen LogP contribution in [0.25, 0.3) is 0 Å². The Morgan fingerprint density at radius 3 is 2.31 bits per heavy atom. The average Bonchev–Trinajstić information content (AvgIpc) is 2.08. The molecule has 0 radical (unpaired) electrons. The highest BCUT2D eigenvalue weighted by Crippen LogP contribution is 2.09. The number of Topliss-reactive ketones (excluding diaryl/α,β-unsaturated/α-hetero) is 1. The van der Waals surface area contributed by atoms with Crippen LogP contribution in [-0.4, -0.2) is 5.78 Å². The van der Waals surface area contributed by atoms with E-state index in [0.29, 0.717) is 12.2 Å². The molecule has 0 aliphatic carbocycles. The van der Waals surface area contributed by atoms with Gasteiger partial charge < -0.3 is 0 Å². The third-order valence-electron chi connectivity index (χ3n) is 1.94. The summed E-state index contributed by atoms with van der Waals surface area (Å²) in [5, 5.41) is 0. The van der Waals surface area contributed by atoms with Crippen molar-refractivity contribution in [3.05, 3.63) is 33.4 Å². The fraction of sp³-hybridized carbons (Fsp3) is 0.364. The first kappa shape index (κ1) is 10.7. The van der Waals surface area contributed by atoms with Gasteiger partial charge in [0.25, 0.3) is 0 Å². The van der Waals surface area contributed by atoms with Crippen LogP contribution < -0.4 is 0 Å². The van der Waals surface area contributed by atoms with Gasteiger partial charge in [-0.15, -0.1) is 0 Å². The van der Waals surface area contributed by atoms with E-state index in [9.17, 15) is 4.79 Å². The second kappa shape index (κ2) is 4.74. The summed E-state index contributed by atoms with van der Waals surface area (Å²) in [7, 11) is 0. The summed E-state index contributed by atoms with van der Waals surface area (Å²) in [6, 6.07) is 8.09. The highest BCUT2D eigenvalue weighted by molar-refractivity contribution is 14.1. The molecule has 1 aromatic carbocycles. The normalized spacial score (nSPS) is 10.5. The van der Waals surface area contributed by atoms with E-state index in [1.807, 2.05) is 38.1 Å². The van der Waals surface area contributed by atoms with Gasteiger partial charge in [-0.05, 0) is 40.3 Å². The molecule has 0 saturated heterocycles. The van der Waals surface area contributed by atoms with Gasteiger partial charge in [0, 0.05) is 15.9 Å². The van der Waals surface area contributed by atoms with Crippen LogP contribution in [0.5, 0.6) is 0 Å². The summed E-state index contributed by atoms with van der Waals surface area (Å²) < 4.78 is 1.21. The number of hydrogen-bond acceptors (Lipinski definition) is 1. The highest BCUT2D eigenvalue weighted by atomic mass is 127. The predicted octanol–water partition coefficient (Wildman–Crippen LogP) is 3.06. The summed E-state index contributed by atoms with van der Waals surface area (Å²) in [6.45, 7) is 3.88. The van der Waals surface area contributed by atoms with E-state index in [1.165, 1.54) is 3.57 Å². The topological polar surface area (TPSA) is 17.1 Å². The Kier molecular flexibility index (Phi) is 3.90. The molecule has 0 saturated carbocycles.